The summed E-state index contributed by atoms with van der Waals surface area (Å²) < 4.78 is 16.3. The van der Waals surface area contributed by atoms with Crippen LogP contribution in [0.2, 0.25) is 0 Å². The highest BCUT2D eigenvalue weighted by Gasteiger charge is 2.17. The van der Waals surface area contributed by atoms with Crippen LogP contribution in [-0.2, 0) is 0 Å². The summed E-state index contributed by atoms with van der Waals surface area (Å²) in [6.07, 6.45) is 0.577. The number of methoxy groups -OCH3 is 2. The van der Waals surface area contributed by atoms with Gasteiger partial charge in [-0.2, -0.15) is 5.26 Å². The Labute approximate surface area is 137 Å². The van der Waals surface area contributed by atoms with Crippen LogP contribution in [0.1, 0.15) is 23.5 Å². The molecule has 120 valence electrons. The Hall–Kier alpha value is -2.67. The van der Waals surface area contributed by atoms with Crippen molar-refractivity contribution in [2.45, 2.75) is 19.3 Å². The Balaban J connectivity index is 2.07. The number of hydrogen-bond donors (Lipinski definition) is 0. The molecule has 0 amide bonds. The molecule has 0 heterocycles. The molecule has 0 aliphatic carbocycles. The van der Waals surface area contributed by atoms with Crippen molar-refractivity contribution in [3.8, 4) is 23.3 Å². The second kappa shape index (κ2) is 8.09. The van der Waals surface area contributed by atoms with E-state index in [0.717, 1.165) is 16.9 Å². The molecule has 0 bridgehead atoms. The molecule has 0 aromatic heterocycles. The molecule has 4 nitrogen and oxygen atoms in total. The third-order valence-corrected chi connectivity index (χ3v) is 3.63. The first-order chi connectivity index (χ1) is 11.2. The molecule has 2 aromatic carbocycles. The lowest BCUT2D eigenvalue weighted by molar-refractivity contribution is 0.304. The fourth-order valence-electron chi connectivity index (χ4n) is 2.40. The fraction of sp³-hybridized carbons (Fsp3) is 0.316. The number of hydrogen-bond acceptors (Lipinski definition) is 4. The van der Waals surface area contributed by atoms with Crippen molar-refractivity contribution in [3.63, 3.8) is 0 Å². The molecule has 0 N–H and O–H groups in total. The molecule has 0 saturated carbocycles. The van der Waals surface area contributed by atoms with Gasteiger partial charge in [0, 0.05) is 12.0 Å². The highest BCUT2D eigenvalue weighted by Crippen LogP contribution is 2.32. The zero-order valence-electron chi connectivity index (χ0n) is 13.7. The summed E-state index contributed by atoms with van der Waals surface area (Å²) in [5, 5.41) is 9.50. The minimum atomic E-state index is -0.315. The second-order valence-electron chi connectivity index (χ2n) is 5.24. The maximum atomic E-state index is 9.50. The van der Waals surface area contributed by atoms with Gasteiger partial charge >= 0.3 is 0 Å². The molecule has 0 saturated heterocycles. The predicted octanol–water partition coefficient (Wildman–Crippen LogP) is 4.09. The first-order valence-electron chi connectivity index (χ1n) is 7.49. The Morgan fingerprint density at radius 1 is 1.04 bits per heavy atom. The number of rotatable bonds is 7. The lowest BCUT2D eigenvalue weighted by atomic mass is 9.96. The first kappa shape index (κ1) is 16.7. The molecule has 2 rings (SSSR count). The largest absolute Gasteiger partial charge is 0.497 e. The summed E-state index contributed by atoms with van der Waals surface area (Å²) in [6, 6.07) is 15.7. The lowest BCUT2D eigenvalue weighted by Gasteiger charge is -2.15. The van der Waals surface area contributed by atoms with Gasteiger partial charge in [-0.3, -0.25) is 0 Å². The molecule has 1 unspecified atom stereocenters. The summed E-state index contributed by atoms with van der Waals surface area (Å²) in [5.74, 6) is 1.90. The van der Waals surface area contributed by atoms with Crippen LogP contribution in [0.3, 0.4) is 0 Å². The van der Waals surface area contributed by atoms with E-state index >= 15 is 0 Å². The third-order valence-electron chi connectivity index (χ3n) is 3.63. The highest BCUT2D eigenvalue weighted by atomic mass is 16.5. The Bertz CT molecular complexity index is 691. The van der Waals surface area contributed by atoms with Crippen LogP contribution in [0.5, 0.6) is 17.2 Å². The molecule has 0 radical (unpaired) electrons. The molecule has 4 heteroatoms. The van der Waals surface area contributed by atoms with Crippen molar-refractivity contribution in [2.75, 3.05) is 20.8 Å². The average molecular weight is 311 g/mol. The molecule has 0 aliphatic rings. The molecular formula is C19H21NO3. The highest BCUT2D eigenvalue weighted by molar-refractivity contribution is 5.44. The van der Waals surface area contributed by atoms with E-state index in [2.05, 4.69) is 6.07 Å². The van der Waals surface area contributed by atoms with Crippen LogP contribution >= 0.6 is 0 Å². The first-order valence-corrected chi connectivity index (χ1v) is 7.49. The van der Waals surface area contributed by atoms with Gasteiger partial charge in [0.2, 0.25) is 0 Å². The number of aryl methyl sites for hydroxylation is 1. The van der Waals surface area contributed by atoms with E-state index in [1.807, 2.05) is 49.4 Å². The molecule has 0 spiro atoms. The van der Waals surface area contributed by atoms with Crippen molar-refractivity contribution in [3.05, 3.63) is 53.6 Å². The van der Waals surface area contributed by atoms with Gasteiger partial charge in [-0.05, 0) is 42.8 Å². The monoisotopic (exact) mass is 311 g/mol. The van der Waals surface area contributed by atoms with Crippen molar-refractivity contribution in [1.82, 2.24) is 0 Å². The molecule has 2 aromatic rings. The zero-order chi connectivity index (χ0) is 16.7. The SMILES string of the molecule is COc1ccc(OC)c(C(C#N)CCOc2cccc(C)c2)c1. The fourth-order valence-corrected chi connectivity index (χ4v) is 2.40. The zero-order valence-corrected chi connectivity index (χ0v) is 13.7. The van der Waals surface area contributed by atoms with Crippen LogP contribution in [0.15, 0.2) is 42.5 Å². The molecular weight excluding hydrogens is 290 g/mol. The minimum Gasteiger partial charge on any atom is -0.497 e. The predicted molar refractivity (Wildman–Crippen MR) is 89.2 cm³/mol. The Morgan fingerprint density at radius 2 is 1.87 bits per heavy atom. The van der Waals surface area contributed by atoms with E-state index < -0.39 is 0 Å². The maximum absolute atomic E-state index is 9.50. The van der Waals surface area contributed by atoms with E-state index in [1.54, 1.807) is 14.2 Å². The third kappa shape index (κ3) is 4.40. The van der Waals surface area contributed by atoms with Gasteiger partial charge in [-0.15, -0.1) is 0 Å². The van der Waals surface area contributed by atoms with Gasteiger partial charge in [0.1, 0.15) is 17.2 Å². The minimum absolute atomic E-state index is 0.315. The van der Waals surface area contributed by atoms with Gasteiger partial charge in [-0.1, -0.05) is 12.1 Å². The van der Waals surface area contributed by atoms with Crippen LogP contribution < -0.4 is 14.2 Å². The van der Waals surface area contributed by atoms with Crippen molar-refractivity contribution >= 4 is 0 Å². The van der Waals surface area contributed by atoms with Gasteiger partial charge in [0.25, 0.3) is 0 Å². The van der Waals surface area contributed by atoms with E-state index in [9.17, 15) is 5.26 Å². The average Bonchev–Trinajstić information content (AvgIpc) is 2.58. The van der Waals surface area contributed by atoms with Crippen LogP contribution in [0.25, 0.3) is 0 Å². The van der Waals surface area contributed by atoms with Gasteiger partial charge in [0.05, 0.1) is 32.8 Å². The van der Waals surface area contributed by atoms with Crippen molar-refractivity contribution in [1.29, 1.82) is 5.26 Å². The normalized spacial score (nSPS) is 11.4. The maximum Gasteiger partial charge on any atom is 0.123 e. The lowest BCUT2D eigenvalue weighted by Crippen LogP contribution is -2.06. The topological polar surface area (TPSA) is 51.5 Å². The van der Waals surface area contributed by atoms with Crippen LogP contribution in [0.4, 0.5) is 0 Å². The van der Waals surface area contributed by atoms with Crippen molar-refractivity contribution < 1.29 is 14.2 Å². The molecule has 0 fully saturated rings. The van der Waals surface area contributed by atoms with E-state index in [1.165, 1.54) is 0 Å². The second-order valence-corrected chi connectivity index (χ2v) is 5.24. The van der Waals surface area contributed by atoms with Gasteiger partial charge in [0.15, 0.2) is 0 Å². The van der Waals surface area contributed by atoms with Crippen molar-refractivity contribution in [2.24, 2.45) is 0 Å². The summed E-state index contributed by atoms with van der Waals surface area (Å²) in [6.45, 7) is 2.48. The number of benzene rings is 2. The summed E-state index contributed by atoms with van der Waals surface area (Å²) in [4.78, 5) is 0. The standard InChI is InChI=1S/C19H21NO3/c1-14-5-4-6-17(11-14)23-10-9-15(13-20)18-12-16(21-2)7-8-19(18)22-3/h4-8,11-12,15H,9-10H2,1-3H3. The molecule has 23 heavy (non-hydrogen) atoms. The summed E-state index contributed by atoms with van der Waals surface area (Å²) >= 11 is 0. The van der Waals surface area contributed by atoms with E-state index in [-0.39, 0.29) is 5.92 Å². The van der Waals surface area contributed by atoms with E-state index in [4.69, 9.17) is 14.2 Å². The Morgan fingerprint density at radius 3 is 2.52 bits per heavy atom. The number of nitrogens with zero attached hydrogens (tertiary/aromatic N) is 1. The van der Waals surface area contributed by atoms with Gasteiger partial charge < -0.3 is 14.2 Å². The quantitative estimate of drug-likeness (QED) is 0.773. The number of ether oxygens (including phenoxy) is 3. The van der Waals surface area contributed by atoms with Crippen LogP contribution in [-0.4, -0.2) is 20.8 Å². The Kier molecular flexibility index (Phi) is 5.87. The molecule has 0 aliphatic heterocycles. The smallest absolute Gasteiger partial charge is 0.123 e. The van der Waals surface area contributed by atoms with E-state index in [0.29, 0.717) is 24.5 Å². The van der Waals surface area contributed by atoms with Gasteiger partial charge in [-0.25, -0.2) is 0 Å². The number of nitriles is 1. The van der Waals surface area contributed by atoms with Crippen LogP contribution in [0, 0.1) is 18.3 Å². The summed E-state index contributed by atoms with van der Waals surface area (Å²) in [7, 11) is 3.21. The molecule has 1 atom stereocenters. The summed E-state index contributed by atoms with van der Waals surface area (Å²) in [5.41, 5.74) is 1.97.